The maximum absolute atomic E-state index is 13.2. The fraction of sp³-hybridized carbons (Fsp3) is 0.682. The van der Waals surface area contributed by atoms with Crippen molar-refractivity contribution >= 4 is 29.1 Å². The van der Waals surface area contributed by atoms with E-state index >= 15 is 0 Å². The van der Waals surface area contributed by atoms with E-state index < -0.39 is 0 Å². The van der Waals surface area contributed by atoms with E-state index in [9.17, 15) is 14.4 Å². The standard InChI is InChI=1S/C22H34N4O3S/c1-3-24(4-2)20(27)17-23-10-7-12-25(14-13-23)21(28)18-8-5-11-26(16-18)22(29)19-9-6-15-30-19/h6,9,15,18H,3-5,7-8,10-14,16-17H2,1-2H3. The van der Waals surface area contributed by atoms with Gasteiger partial charge in [-0.25, -0.2) is 0 Å². The predicted molar refractivity (Wildman–Crippen MR) is 119 cm³/mol. The van der Waals surface area contributed by atoms with Gasteiger partial charge in [0.2, 0.25) is 11.8 Å². The van der Waals surface area contributed by atoms with E-state index in [1.807, 2.05) is 46.1 Å². The van der Waals surface area contributed by atoms with Gasteiger partial charge in [0, 0.05) is 52.4 Å². The Labute approximate surface area is 183 Å². The fourth-order valence-electron chi connectivity index (χ4n) is 4.39. The molecule has 1 unspecified atom stereocenters. The molecule has 0 saturated carbocycles. The molecule has 0 N–H and O–H groups in total. The van der Waals surface area contributed by atoms with E-state index in [-0.39, 0.29) is 23.6 Å². The van der Waals surface area contributed by atoms with Crippen LogP contribution in [0.3, 0.4) is 0 Å². The van der Waals surface area contributed by atoms with Gasteiger partial charge in [0.15, 0.2) is 0 Å². The molecule has 0 aliphatic carbocycles. The van der Waals surface area contributed by atoms with Crippen molar-refractivity contribution in [2.24, 2.45) is 5.92 Å². The number of nitrogens with zero attached hydrogens (tertiary/aromatic N) is 4. The van der Waals surface area contributed by atoms with Gasteiger partial charge in [-0.1, -0.05) is 6.07 Å². The summed E-state index contributed by atoms with van der Waals surface area (Å²) >= 11 is 1.45. The van der Waals surface area contributed by atoms with Crippen molar-refractivity contribution in [3.63, 3.8) is 0 Å². The van der Waals surface area contributed by atoms with E-state index in [1.165, 1.54) is 11.3 Å². The highest BCUT2D eigenvalue weighted by Gasteiger charge is 2.32. The first kappa shape index (κ1) is 22.7. The summed E-state index contributed by atoms with van der Waals surface area (Å²) in [5.41, 5.74) is 0. The molecule has 30 heavy (non-hydrogen) atoms. The predicted octanol–water partition coefficient (Wildman–Crippen LogP) is 2.00. The Morgan fingerprint density at radius 2 is 1.80 bits per heavy atom. The third-order valence-corrected chi connectivity index (χ3v) is 7.02. The molecule has 1 aromatic heterocycles. The minimum Gasteiger partial charge on any atom is -0.342 e. The summed E-state index contributed by atoms with van der Waals surface area (Å²) in [4.78, 5) is 46.8. The zero-order valence-corrected chi connectivity index (χ0v) is 19.0. The first-order chi connectivity index (χ1) is 14.5. The highest BCUT2D eigenvalue weighted by Crippen LogP contribution is 2.22. The van der Waals surface area contributed by atoms with Crippen molar-refractivity contribution in [2.45, 2.75) is 33.1 Å². The molecule has 3 heterocycles. The minimum absolute atomic E-state index is 0.0412. The molecule has 2 aliphatic heterocycles. The number of likely N-dealkylation sites (tertiary alicyclic amines) is 1. The van der Waals surface area contributed by atoms with Crippen molar-refractivity contribution in [3.8, 4) is 0 Å². The normalized spacial score (nSPS) is 20.7. The summed E-state index contributed by atoms with van der Waals surface area (Å²) in [5, 5.41) is 1.91. The Balaban J connectivity index is 1.53. The van der Waals surface area contributed by atoms with E-state index in [0.717, 1.165) is 63.4 Å². The number of hydrogen-bond acceptors (Lipinski definition) is 5. The Morgan fingerprint density at radius 1 is 1.03 bits per heavy atom. The van der Waals surface area contributed by atoms with Crippen LogP contribution in [0.1, 0.15) is 42.8 Å². The number of amides is 3. The lowest BCUT2D eigenvalue weighted by Crippen LogP contribution is -2.47. The van der Waals surface area contributed by atoms with E-state index in [4.69, 9.17) is 0 Å². The lowest BCUT2D eigenvalue weighted by Gasteiger charge is -2.34. The van der Waals surface area contributed by atoms with Gasteiger partial charge in [0.25, 0.3) is 5.91 Å². The number of thiophene rings is 1. The molecule has 2 aliphatic rings. The second-order valence-electron chi connectivity index (χ2n) is 8.09. The first-order valence-corrected chi connectivity index (χ1v) is 12.0. The number of carbonyl (C=O) groups is 3. The van der Waals surface area contributed by atoms with Gasteiger partial charge in [-0.05, 0) is 44.6 Å². The molecule has 1 aromatic rings. The largest absolute Gasteiger partial charge is 0.342 e. The van der Waals surface area contributed by atoms with Gasteiger partial charge in [-0.2, -0.15) is 0 Å². The molecule has 0 aromatic carbocycles. The topological polar surface area (TPSA) is 64.2 Å². The molecule has 0 radical (unpaired) electrons. The van der Waals surface area contributed by atoms with Crippen LogP contribution in [0.2, 0.25) is 0 Å². The molecule has 2 saturated heterocycles. The fourth-order valence-corrected chi connectivity index (χ4v) is 5.09. The zero-order chi connectivity index (χ0) is 21.5. The van der Waals surface area contributed by atoms with Gasteiger partial charge < -0.3 is 14.7 Å². The SMILES string of the molecule is CCN(CC)C(=O)CN1CCCN(C(=O)C2CCCN(C(=O)c3cccs3)C2)CC1. The smallest absolute Gasteiger partial charge is 0.263 e. The number of rotatable bonds is 6. The molecule has 1 atom stereocenters. The minimum atomic E-state index is -0.119. The zero-order valence-electron chi connectivity index (χ0n) is 18.2. The molecule has 8 heteroatoms. The Kier molecular flexibility index (Phi) is 8.27. The van der Waals surface area contributed by atoms with Gasteiger partial charge in [-0.3, -0.25) is 19.3 Å². The molecule has 0 spiro atoms. The Hall–Kier alpha value is -1.93. The average Bonchev–Trinajstić information content (AvgIpc) is 3.21. The van der Waals surface area contributed by atoms with Gasteiger partial charge in [0.1, 0.15) is 0 Å². The highest BCUT2D eigenvalue weighted by atomic mass is 32.1. The summed E-state index contributed by atoms with van der Waals surface area (Å²) in [5.74, 6) is 0.247. The molecule has 7 nitrogen and oxygen atoms in total. The summed E-state index contributed by atoms with van der Waals surface area (Å²) in [6.07, 6.45) is 2.58. The second-order valence-corrected chi connectivity index (χ2v) is 9.04. The van der Waals surface area contributed by atoms with Crippen LogP contribution in [0.25, 0.3) is 0 Å². The third kappa shape index (κ3) is 5.60. The first-order valence-electron chi connectivity index (χ1n) is 11.1. The summed E-state index contributed by atoms with van der Waals surface area (Å²) in [6, 6.07) is 3.74. The van der Waals surface area contributed by atoms with Gasteiger partial charge >= 0.3 is 0 Å². The number of hydrogen-bond donors (Lipinski definition) is 0. The van der Waals surface area contributed by atoms with Crippen molar-refractivity contribution in [3.05, 3.63) is 22.4 Å². The molecule has 0 bridgehead atoms. The molecule has 166 valence electrons. The lowest BCUT2D eigenvalue weighted by atomic mass is 9.96. The lowest BCUT2D eigenvalue weighted by molar-refractivity contribution is -0.136. The maximum atomic E-state index is 13.2. The molecular weight excluding hydrogens is 400 g/mol. The van der Waals surface area contributed by atoms with Crippen LogP contribution in [-0.2, 0) is 9.59 Å². The quantitative estimate of drug-likeness (QED) is 0.687. The van der Waals surface area contributed by atoms with E-state index in [2.05, 4.69) is 4.90 Å². The van der Waals surface area contributed by atoms with Crippen LogP contribution < -0.4 is 0 Å². The highest BCUT2D eigenvalue weighted by molar-refractivity contribution is 7.12. The second kappa shape index (κ2) is 10.9. The molecular formula is C22H34N4O3S. The van der Waals surface area contributed by atoms with Crippen molar-refractivity contribution in [2.75, 3.05) is 58.9 Å². The summed E-state index contributed by atoms with van der Waals surface area (Å²) in [6.45, 7) is 10.1. The van der Waals surface area contributed by atoms with Gasteiger partial charge in [-0.15, -0.1) is 11.3 Å². The summed E-state index contributed by atoms with van der Waals surface area (Å²) < 4.78 is 0. The van der Waals surface area contributed by atoms with Crippen LogP contribution in [0.4, 0.5) is 0 Å². The van der Waals surface area contributed by atoms with Gasteiger partial charge in [0.05, 0.1) is 17.3 Å². The number of likely N-dealkylation sites (N-methyl/N-ethyl adjacent to an activating group) is 1. The van der Waals surface area contributed by atoms with E-state index in [1.54, 1.807) is 0 Å². The Bertz CT molecular complexity index is 720. The Morgan fingerprint density at radius 3 is 2.50 bits per heavy atom. The third-order valence-electron chi connectivity index (χ3n) is 6.17. The number of carbonyl (C=O) groups excluding carboxylic acids is 3. The van der Waals surface area contributed by atoms with Crippen LogP contribution in [0.5, 0.6) is 0 Å². The van der Waals surface area contributed by atoms with Crippen LogP contribution in [0, 0.1) is 5.92 Å². The van der Waals surface area contributed by atoms with Crippen LogP contribution in [0.15, 0.2) is 17.5 Å². The molecule has 3 amide bonds. The van der Waals surface area contributed by atoms with Crippen molar-refractivity contribution < 1.29 is 14.4 Å². The van der Waals surface area contributed by atoms with Crippen molar-refractivity contribution in [1.29, 1.82) is 0 Å². The van der Waals surface area contributed by atoms with Crippen molar-refractivity contribution in [1.82, 2.24) is 19.6 Å². The van der Waals surface area contributed by atoms with E-state index in [0.29, 0.717) is 19.6 Å². The van der Waals surface area contributed by atoms with Crippen LogP contribution >= 0.6 is 11.3 Å². The summed E-state index contributed by atoms with van der Waals surface area (Å²) in [7, 11) is 0. The molecule has 2 fully saturated rings. The van der Waals surface area contributed by atoms with Crippen LogP contribution in [-0.4, -0.2) is 96.2 Å². The molecule has 3 rings (SSSR count). The monoisotopic (exact) mass is 434 g/mol. The maximum Gasteiger partial charge on any atom is 0.263 e. The average molecular weight is 435 g/mol. The number of piperidine rings is 1.